The first-order valence-corrected chi connectivity index (χ1v) is 8.60. The zero-order valence-corrected chi connectivity index (χ0v) is 13.3. The van der Waals surface area contributed by atoms with E-state index >= 15 is 0 Å². The predicted molar refractivity (Wildman–Crippen MR) is 83.7 cm³/mol. The second kappa shape index (κ2) is 6.49. The van der Waals surface area contributed by atoms with E-state index in [2.05, 4.69) is 23.1 Å². The van der Waals surface area contributed by atoms with Crippen molar-refractivity contribution in [2.75, 3.05) is 17.8 Å². The third-order valence-electron chi connectivity index (χ3n) is 2.82. The average molecular weight is 311 g/mol. The molecule has 1 N–H and O–H groups in total. The summed E-state index contributed by atoms with van der Waals surface area (Å²) in [5, 5.41) is 9.57. The molecule has 0 saturated heterocycles. The van der Waals surface area contributed by atoms with Crippen LogP contribution in [0.25, 0.3) is 11.2 Å². The van der Waals surface area contributed by atoms with E-state index < -0.39 is 5.97 Å². The van der Waals surface area contributed by atoms with Crippen LogP contribution in [-0.2, 0) is 4.79 Å². The monoisotopic (exact) mass is 311 g/mol. The molecule has 0 aliphatic carbocycles. The molecule has 0 bridgehead atoms. The zero-order chi connectivity index (χ0) is 14.7. The number of pyridine rings is 1. The van der Waals surface area contributed by atoms with Crippen molar-refractivity contribution in [3.05, 3.63) is 17.8 Å². The van der Waals surface area contributed by atoms with Gasteiger partial charge in [0.2, 0.25) is 0 Å². The third kappa shape index (κ3) is 3.27. The zero-order valence-electron chi connectivity index (χ0n) is 11.7. The lowest BCUT2D eigenvalue weighted by atomic mass is 10.3. The lowest BCUT2D eigenvalue weighted by molar-refractivity contribution is -0.133. The molecule has 108 valence electrons. The number of nitrogens with zero attached hydrogens (tertiary/aromatic N) is 3. The van der Waals surface area contributed by atoms with Crippen molar-refractivity contribution in [1.82, 2.24) is 14.5 Å². The van der Waals surface area contributed by atoms with Crippen molar-refractivity contribution < 1.29 is 9.90 Å². The number of thioether (sulfide) groups is 2. The molecule has 0 saturated carbocycles. The number of imidazole rings is 1. The number of carbonyl (C=O) groups is 1. The second-order valence-corrected chi connectivity index (χ2v) is 6.40. The minimum absolute atomic E-state index is 0.00823. The summed E-state index contributed by atoms with van der Waals surface area (Å²) in [6.45, 7) is 4.05. The summed E-state index contributed by atoms with van der Waals surface area (Å²) < 4.78 is 2.05. The van der Waals surface area contributed by atoms with Gasteiger partial charge in [-0.3, -0.25) is 9.36 Å². The van der Waals surface area contributed by atoms with Gasteiger partial charge in [-0.1, -0.05) is 11.8 Å². The molecule has 0 aliphatic rings. The van der Waals surface area contributed by atoms with Gasteiger partial charge in [-0.05, 0) is 32.2 Å². The van der Waals surface area contributed by atoms with Crippen molar-refractivity contribution in [1.29, 1.82) is 0 Å². The lowest BCUT2D eigenvalue weighted by Gasteiger charge is -2.15. The van der Waals surface area contributed by atoms with Crippen molar-refractivity contribution in [3.8, 4) is 0 Å². The number of hydrogen-bond donors (Lipinski definition) is 1. The van der Waals surface area contributed by atoms with Crippen molar-refractivity contribution in [2.24, 2.45) is 0 Å². The molecular weight excluding hydrogens is 294 g/mol. The van der Waals surface area contributed by atoms with Gasteiger partial charge in [0, 0.05) is 17.5 Å². The van der Waals surface area contributed by atoms with E-state index in [-0.39, 0.29) is 11.8 Å². The maximum absolute atomic E-state index is 10.8. The Balaban J connectivity index is 2.48. The molecule has 0 aromatic carbocycles. The van der Waals surface area contributed by atoms with Crippen LogP contribution in [0.15, 0.2) is 17.3 Å². The maximum atomic E-state index is 10.8. The standard InChI is InChI=1S/C13H17N3O2S2/c1-8-4-5-10-12(14-8)16(9(2)6-19-3)13(15-10)20-7-11(17)18/h4-5,9H,6-7H2,1-3H3,(H,17,18). The molecule has 2 aromatic rings. The summed E-state index contributed by atoms with van der Waals surface area (Å²) in [5.41, 5.74) is 2.58. The Bertz CT molecular complexity index is 627. The van der Waals surface area contributed by atoms with Crippen LogP contribution in [0.5, 0.6) is 0 Å². The Hall–Kier alpha value is -1.21. The van der Waals surface area contributed by atoms with Crippen LogP contribution in [-0.4, -0.2) is 43.4 Å². The van der Waals surface area contributed by atoms with E-state index in [1.165, 1.54) is 11.8 Å². The Morgan fingerprint density at radius 1 is 1.45 bits per heavy atom. The van der Waals surface area contributed by atoms with E-state index in [9.17, 15) is 4.79 Å². The van der Waals surface area contributed by atoms with Gasteiger partial charge in [-0.2, -0.15) is 11.8 Å². The molecule has 0 radical (unpaired) electrons. The Morgan fingerprint density at radius 3 is 2.85 bits per heavy atom. The number of fused-ring (bicyclic) bond motifs is 1. The maximum Gasteiger partial charge on any atom is 0.313 e. The molecule has 0 amide bonds. The molecule has 0 spiro atoms. The summed E-state index contributed by atoms with van der Waals surface area (Å²) >= 11 is 3.00. The highest BCUT2D eigenvalue weighted by atomic mass is 32.2. The third-order valence-corrected chi connectivity index (χ3v) is 4.57. The molecule has 2 heterocycles. The highest BCUT2D eigenvalue weighted by Gasteiger charge is 2.18. The fourth-order valence-electron chi connectivity index (χ4n) is 1.99. The predicted octanol–water partition coefficient (Wildman–Crippen LogP) is 2.84. The summed E-state index contributed by atoms with van der Waals surface area (Å²) in [4.78, 5) is 19.8. The van der Waals surface area contributed by atoms with Crippen LogP contribution in [0, 0.1) is 6.92 Å². The Morgan fingerprint density at radius 2 is 2.20 bits per heavy atom. The topological polar surface area (TPSA) is 68.0 Å². The molecule has 2 aromatic heterocycles. The molecule has 1 unspecified atom stereocenters. The van der Waals surface area contributed by atoms with Gasteiger partial charge >= 0.3 is 5.97 Å². The normalized spacial score (nSPS) is 12.8. The van der Waals surface area contributed by atoms with Crippen molar-refractivity contribution in [3.63, 3.8) is 0 Å². The number of aromatic nitrogens is 3. The van der Waals surface area contributed by atoms with E-state index in [4.69, 9.17) is 5.11 Å². The first-order valence-electron chi connectivity index (χ1n) is 6.22. The summed E-state index contributed by atoms with van der Waals surface area (Å²) in [6.07, 6.45) is 2.05. The van der Waals surface area contributed by atoms with E-state index in [0.29, 0.717) is 0 Å². The summed E-state index contributed by atoms with van der Waals surface area (Å²) in [6, 6.07) is 4.08. The SMILES string of the molecule is CSCC(C)n1c(SCC(=O)O)nc2ccc(C)nc21. The number of carboxylic acids is 1. The van der Waals surface area contributed by atoms with Gasteiger partial charge in [0.25, 0.3) is 0 Å². The Labute approximate surface area is 126 Å². The fraction of sp³-hybridized carbons (Fsp3) is 0.462. The molecule has 2 rings (SSSR count). The first kappa shape index (κ1) is 15.2. The van der Waals surface area contributed by atoms with Crippen molar-refractivity contribution >= 4 is 40.7 Å². The van der Waals surface area contributed by atoms with Crippen LogP contribution >= 0.6 is 23.5 Å². The number of rotatable bonds is 6. The lowest BCUT2D eigenvalue weighted by Crippen LogP contribution is -2.11. The van der Waals surface area contributed by atoms with Crippen LogP contribution in [0.1, 0.15) is 18.7 Å². The molecule has 1 atom stereocenters. The van der Waals surface area contributed by atoms with Crippen LogP contribution in [0.3, 0.4) is 0 Å². The summed E-state index contributed by atoms with van der Waals surface area (Å²) in [7, 11) is 0. The molecule has 20 heavy (non-hydrogen) atoms. The average Bonchev–Trinajstić information content (AvgIpc) is 2.74. The molecule has 0 fully saturated rings. The molecule has 0 aliphatic heterocycles. The summed E-state index contributed by atoms with van der Waals surface area (Å²) in [5.74, 6) is 0.103. The largest absolute Gasteiger partial charge is 0.481 e. The minimum atomic E-state index is -0.838. The van der Waals surface area contributed by atoms with Gasteiger partial charge in [0.15, 0.2) is 10.8 Å². The van der Waals surface area contributed by atoms with E-state index in [1.54, 1.807) is 11.8 Å². The van der Waals surface area contributed by atoms with E-state index in [1.807, 2.05) is 23.6 Å². The minimum Gasteiger partial charge on any atom is -0.481 e. The van der Waals surface area contributed by atoms with E-state index in [0.717, 1.165) is 27.8 Å². The number of aryl methyl sites for hydroxylation is 1. The van der Waals surface area contributed by atoms with Gasteiger partial charge in [0.05, 0.1) is 5.75 Å². The van der Waals surface area contributed by atoms with Gasteiger partial charge < -0.3 is 5.11 Å². The van der Waals surface area contributed by atoms with Gasteiger partial charge in [-0.15, -0.1) is 0 Å². The molecule has 5 nitrogen and oxygen atoms in total. The van der Waals surface area contributed by atoms with Gasteiger partial charge in [-0.25, -0.2) is 9.97 Å². The number of hydrogen-bond acceptors (Lipinski definition) is 5. The van der Waals surface area contributed by atoms with Crippen LogP contribution < -0.4 is 0 Å². The first-order chi connectivity index (χ1) is 9.52. The number of aliphatic carboxylic acids is 1. The highest BCUT2D eigenvalue weighted by Crippen LogP contribution is 2.28. The number of carboxylic acid groups (broad SMARTS) is 1. The Kier molecular flexibility index (Phi) is 4.93. The fourth-order valence-corrected chi connectivity index (χ4v) is 3.44. The van der Waals surface area contributed by atoms with Crippen molar-refractivity contribution in [2.45, 2.75) is 25.0 Å². The second-order valence-electron chi connectivity index (χ2n) is 4.55. The molecular formula is C13H17N3O2S2. The van der Waals surface area contributed by atoms with Gasteiger partial charge in [0.1, 0.15) is 5.52 Å². The van der Waals surface area contributed by atoms with Crippen LogP contribution in [0.4, 0.5) is 0 Å². The smallest absolute Gasteiger partial charge is 0.313 e. The highest BCUT2D eigenvalue weighted by molar-refractivity contribution is 7.99. The molecule has 7 heteroatoms. The van der Waals surface area contributed by atoms with Crippen LogP contribution in [0.2, 0.25) is 0 Å². The quantitative estimate of drug-likeness (QED) is 0.827.